The van der Waals surface area contributed by atoms with Crippen LogP contribution in [0, 0.1) is 5.92 Å². The van der Waals surface area contributed by atoms with Crippen LogP contribution in [0.25, 0.3) is 10.2 Å². The van der Waals surface area contributed by atoms with Crippen LogP contribution in [0.4, 0.5) is 5.82 Å². The topological polar surface area (TPSA) is 62.6 Å². The summed E-state index contributed by atoms with van der Waals surface area (Å²) in [6.07, 6.45) is 6.03. The lowest BCUT2D eigenvalue weighted by Crippen LogP contribution is -3.11. The summed E-state index contributed by atoms with van der Waals surface area (Å²) in [6.45, 7) is 5.89. The first-order valence-corrected chi connectivity index (χ1v) is 10.9. The lowest BCUT2D eigenvalue weighted by Gasteiger charge is -2.26. The van der Waals surface area contributed by atoms with E-state index in [-0.39, 0.29) is 12.5 Å². The smallest absolute Gasteiger partial charge is 0.241 e. The molecule has 1 amide bonds. The van der Waals surface area contributed by atoms with Crippen molar-refractivity contribution < 1.29 is 9.69 Å². The van der Waals surface area contributed by atoms with E-state index in [0.717, 1.165) is 47.2 Å². The lowest BCUT2D eigenvalue weighted by atomic mass is 9.99. The Morgan fingerprint density at radius 1 is 1.26 bits per heavy atom. The van der Waals surface area contributed by atoms with Gasteiger partial charge in [-0.1, -0.05) is 6.92 Å². The van der Waals surface area contributed by atoms with Crippen molar-refractivity contribution in [3.8, 4) is 0 Å². The number of likely N-dealkylation sites (tertiary alicyclic amines) is 1. The van der Waals surface area contributed by atoms with E-state index in [1.165, 1.54) is 42.8 Å². The maximum atomic E-state index is 12.1. The Kier molecular flexibility index (Phi) is 5.32. The van der Waals surface area contributed by atoms with Gasteiger partial charge in [0.1, 0.15) is 17.2 Å². The molecule has 1 aliphatic heterocycles. The molecular formula is C20H30N5OS+. The van der Waals surface area contributed by atoms with Gasteiger partial charge >= 0.3 is 0 Å². The molecule has 1 saturated heterocycles. The van der Waals surface area contributed by atoms with E-state index in [1.807, 2.05) is 11.3 Å². The average molecular weight is 389 g/mol. The average Bonchev–Trinajstić information content (AvgIpc) is 3.22. The van der Waals surface area contributed by atoms with Gasteiger partial charge in [-0.2, -0.15) is 0 Å². The molecule has 7 heteroatoms. The predicted molar refractivity (Wildman–Crippen MR) is 109 cm³/mol. The van der Waals surface area contributed by atoms with Gasteiger partial charge in [0.05, 0.1) is 25.0 Å². The quantitative estimate of drug-likeness (QED) is 0.815. The number of carbonyl (C=O) groups excluding carboxylic acids is 1. The highest BCUT2D eigenvalue weighted by atomic mass is 32.1. The van der Waals surface area contributed by atoms with E-state index in [9.17, 15) is 4.79 Å². The number of quaternary nitrogens is 1. The van der Waals surface area contributed by atoms with Crippen LogP contribution < -0.4 is 10.2 Å². The summed E-state index contributed by atoms with van der Waals surface area (Å²) in [4.78, 5) is 27.6. The van der Waals surface area contributed by atoms with Crippen molar-refractivity contribution in [1.82, 2.24) is 14.9 Å². The highest BCUT2D eigenvalue weighted by Gasteiger charge is 2.25. The Labute approximate surface area is 165 Å². The predicted octanol–water partition coefficient (Wildman–Crippen LogP) is 1.49. The Morgan fingerprint density at radius 3 is 2.78 bits per heavy atom. The van der Waals surface area contributed by atoms with E-state index >= 15 is 0 Å². The number of aryl methyl sites for hydroxylation is 2. The molecule has 6 nitrogen and oxygen atoms in total. The van der Waals surface area contributed by atoms with Crippen molar-refractivity contribution in [3.63, 3.8) is 0 Å². The summed E-state index contributed by atoms with van der Waals surface area (Å²) < 4.78 is 0. The number of anilines is 1. The first-order valence-electron chi connectivity index (χ1n) is 10.1. The Morgan fingerprint density at radius 2 is 2.04 bits per heavy atom. The van der Waals surface area contributed by atoms with Gasteiger partial charge in [-0.3, -0.25) is 4.79 Å². The summed E-state index contributed by atoms with van der Waals surface area (Å²) >= 11 is 1.82. The SMILES string of the molecule is CC1CC[NH+](Cc2nc(NCC(=O)N(C)C)c3c4c(sc3n2)CCC4)CC1. The summed E-state index contributed by atoms with van der Waals surface area (Å²) in [5.74, 6) is 2.67. The van der Waals surface area contributed by atoms with E-state index < -0.39 is 0 Å². The van der Waals surface area contributed by atoms with Crippen molar-refractivity contribution in [1.29, 1.82) is 0 Å². The highest BCUT2D eigenvalue weighted by Crippen LogP contribution is 2.39. The molecule has 4 rings (SSSR count). The number of aromatic nitrogens is 2. The third-order valence-corrected chi connectivity index (χ3v) is 7.09. The first kappa shape index (κ1) is 18.6. The second-order valence-electron chi connectivity index (χ2n) is 8.28. The van der Waals surface area contributed by atoms with Crippen LogP contribution in [0.3, 0.4) is 0 Å². The maximum Gasteiger partial charge on any atom is 0.241 e. The fraction of sp³-hybridized carbons (Fsp3) is 0.650. The zero-order valence-electron chi connectivity index (χ0n) is 16.6. The monoisotopic (exact) mass is 388 g/mol. The van der Waals surface area contributed by atoms with Crippen LogP contribution in [0.5, 0.6) is 0 Å². The number of rotatable bonds is 5. The maximum absolute atomic E-state index is 12.1. The molecule has 0 radical (unpaired) electrons. The molecule has 27 heavy (non-hydrogen) atoms. The fourth-order valence-corrected chi connectivity index (χ4v) is 5.42. The number of nitrogens with zero attached hydrogens (tertiary/aromatic N) is 3. The van der Waals surface area contributed by atoms with Crippen LogP contribution >= 0.6 is 11.3 Å². The molecular weight excluding hydrogens is 358 g/mol. The molecule has 2 aromatic rings. The Balaban J connectivity index is 1.62. The number of likely N-dealkylation sites (N-methyl/N-ethyl adjacent to an activating group) is 1. The van der Waals surface area contributed by atoms with E-state index in [4.69, 9.17) is 9.97 Å². The van der Waals surface area contributed by atoms with Crippen molar-refractivity contribution in [2.75, 3.05) is 39.0 Å². The van der Waals surface area contributed by atoms with Crippen LogP contribution in [0.15, 0.2) is 0 Å². The molecule has 1 fully saturated rings. The number of piperidine rings is 1. The molecule has 0 saturated carbocycles. The second-order valence-corrected chi connectivity index (χ2v) is 9.36. The molecule has 2 aromatic heterocycles. The van der Waals surface area contributed by atoms with E-state index in [0.29, 0.717) is 0 Å². The minimum absolute atomic E-state index is 0.0610. The van der Waals surface area contributed by atoms with Gasteiger partial charge in [0.15, 0.2) is 5.82 Å². The van der Waals surface area contributed by atoms with E-state index in [2.05, 4.69) is 12.2 Å². The number of hydrogen-bond donors (Lipinski definition) is 2. The standard InChI is InChI=1S/C20H29N5OS/c1-13-7-9-25(10-8-13)12-16-22-19(21-11-17(26)24(2)3)18-14-5-4-6-15(14)27-20(18)23-16/h13H,4-12H2,1-3H3,(H,21,22,23)/p+1. The van der Waals surface area contributed by atoms with Crippen LogP contribution in [-0.2, 0) is 24.2 Å². The van der Waals surface area contributed by atoms with Gasteiger partial charge in [0.2, 0.25) is 5.91 Å². The zero-order valence-corrected chi connectivity index (χ0v) is 17.4. The zero-order chi connectivity index (χ0) is 19.0. The fourth-order valence-electron chi connectivity index (χ4n) is 4.14. The van der Waals surface area contributed by atoms with Crippen LogP contribution in [0.1, 0.15) is 42.5 Å². The van der Waals surface area contributed by atoms with Gasteiger partial charge in [-0.15, -0.1) is 11.3 Å². The summed E-state index contributed by atoms with van der Waals surface area (Å²) in [7, 11) is 3.57. The molecule has 146 valence electrons. The summed E-state index contributed by atoms with van der Waals surface area (Å²) in [5.41, 5.74) is 1.40. The van der Waals surface area contributed by atoms with Crippen molar-refractivity contribution in [3.05, 3.63) is 16.3 Å². The van der Waals surface area contributed by atoms with Gasteiger partial charge in [-0.05, 0) is 43.6 Å². The molecule has 1 aliphatic carbocycles. The highest BCUT2D eigenvalue weighted by molar-refractivity contribution is 7.19. The minimum Gasteiger partial charge on any atom is -0.360 e. The van der Waals surface area contributed by atoms with Gasteiger partial charge in [0.25, 0.3) is 0 Å². The third kappa shape index (κ3) is 3.94. The van der Waals surface area contributed by atoms with Crippen LogP contribution in [-0.4, -0.2) is 54.5 Å². The molecule has 2 N–H and O–H groups in total. The first-order chi connectivity index (χ1) is 13.0. The lowest BCUT2D eigenvalue weighted by molar-refractivity contribution is -0.920. The summed E-state index contributed by atoms with van der Waals surface area (Å²) in [5, 5.41) is 4.48. The Hall–Kier alpha value is -1.73. The number of fused-ring (bicyclic) bond motifs is 3. The van der Waals surface area contributed by atoms with Gasteiger partial charge in [0, 0.05) is 19.0 Å². The normalized spacial score (nSPS) is 22.0. The molecule has 0 bridgehead atoms. The van der Waals surface area contributed by atoms with E-state index in [1.54, 1.807) is 23.9 Å². The molecule has 3 heterocycles. The van der Waals surface area contributed by atoms with Crippen molar-refractivity contribution in [2.24, 2.45) is 5.92 Å². The number of nitrogens with one attached hydrogen (secondary N) is 2. The number of carbonyl (C=O) groups is 1. The largest absolute Gasteiger partial charge is 0.360 e. The van der Waals surface area contributed by atoms with Crippen molar-refractivity contribution in [2.45, 2.75) is 45.6 Å². The second kappa shape index (κ2) is 7.72. The number of hydrogen-bond acceptors (Lipinski definition) is 5. The van der Waals surface area contributed by atoms with Gasteiger partial charge < -0.3 is 15.1 Å². The van der Waals surface area contributed by atoms with Gasteiger partial charge in [-0.25, -0.2) is 9.97 Å². The third-order valence-electron chi connectivity index (χ3n) is 5.91. The Bertz CT molecular complexity index is 838. The molecule has 2 aliphatic rings. The number of amides is 1. The molecule has 0 spiro atoms. The van der Waals surface area contributed by atoms with Crippen LogP contribution in [0.2, 0.25) is 0 Å². The molecule has 0 atom stereocenters. The molecule has 0 unspecified atom stereocenters. The molecule has 0 aromatic carbocycles. The summed E-state index contributed by atoms with van der Waals surface area (Å²) in [6, 6.07) is 0. The minimum atomic E-state index is 0.0610. The van der Waals surface area contributed by atoms with Crippen molar-refractivity contribution >= 4 is 33.3 Å². The number of thiophene rings is 1.